The predicted octanol–water partition coefficient (Wildman–Crippen LogP) is 0.423. The summed E-state index contributed by atoms with van der Waals surface area (Å²) in [5, 5.41) is 6.77. The number of hydrogen-bond donors (Lipinski definition) is 2. The quantitative estimate of drug-likeness (QED) is 0.742. The first-order chi connectivity index (χ1) is 7.36. The number of benzene rings is 1. The van der Waals surface area contributed by atoms with E-state index in [4.69, 9.17) is 9.66 Å². The van der Waals surface area contributed by atoms with E-state index < -0.39 is 21.3 Å². The molecule has 1 atom stereocenters. The molecule has 0 heterocycles. The molecule has 0 aliphatic rings. The van der Waals surface area contributed by atoms with Gasteiger partial charge in [0.1, 0.15) is 0 Å². The van der Waals surface area contributed by atoms with Gasteiger partial charge in [-0.15, -0.1) is 0 Å². The molecule has 0 fully saturated rings. The summed E-state index contributed by atoms with van der Waals surface area (Å²) < 4.78 is 30.3. The van der Waals surface area contributed by atoms with E-state index in [2.05, 4.69) is 0 Å². The number of carbonyl (C=O) groups excluding carboxylic acids is 1. The fourth-order valence-electron chi connectivity index (χ4n) is 1.14. The van der Waals surface area contributed by atoms with Crippen LogP contribution in [0.5, 0.6) is 0 Å². The standard InChI is InChI=1S/C9H7O6S/c10-5-8(16(13,14)15)6-2-1-3-7(4-6)9(11)12/h1-4,8H,(H,11,12)(H,13,14,15). The molecule has 1 aromatic carbocycles. The van der Waals surface area contributed by atoms with Crippen LogP contribution in [0.2, 0.25) is 0 Å². The van der Waals surface area contributed by atoms with Gasteiger partial charge in [-0.3, -0.25) is 9.35 Å². The Labute approximate surface area is 91.3 Å². The average molecular weight is 243 g/mol. The molecule has 7 heteroatoms. The summed E-state index contributed by atoms with van der Waals surface area (Å²) in [5.74, 6) is -1.26. The molecule has 0 aliphatic carbocycles. The smallest absolute Gasteiger partial charge is 0.335 e. The van der Waals surface area contributed by atoms with Crippen molar-refractivity contribution in [3.8, 4) is 0 Å². The highest BCUT2D eigenvalue weighted by atomic mass is 32.2. The molecule has 1 aromatic rings. The normalized spacial score (nSPS) is 13.1. The molecule has 6 nitrogen and oxygen atoms in total. The Morgan fingerprint density at radius 3 is 2.44 bits per heavy atom. The van der Waals surface area contributed by atoms with E-state index in [-0.39, 0.29) is 11.1 Å². The van der Waals surface area contributed by atoms with Crippen molar-refractivity contribution in [2.75, 3.05) is 0 Å². The zero-order valence-corrected chi connectivity index (χ0v) is 8.64. The SMILES string of the molecule is O=[C]C(c1cccc(C(=O)O)c1)S(=O)(=O)O. The fourth-order valence-corrected chi connectivity index (χ4v) is 1.75. The molecule has 0 amide bonds. The highest BCUT2D eigenvalue weighted by Gasteiger charge is 2.26. The Balaban J connectivity index is 3.27. The van der Waals surface area contributed by atoms with E-state index in [1.54, 1.807) is 0 Å². The van der Waals surface area contributed by atoms with Crippen molar-refractivity contribution in [3.05, 3.63) is 35.4 Å². The van der Waals surface area contributed by atoms with Gasteiger partial charge in [0.05, 0.1) is 5.56 Å². The minimum absolute atomic E-state index is 0.141. The Hall–Kier alpha value is -1.73. The largest absolute Gasteiger partial charge is 0.478 e. The molecular formula is C9H7O6S. The summed E-state index contributed by atoms with van der Waals surface area (Å²) >= 11 is 0. The molecule has 1 rings (SSSR count). The summed E-state index contributed by atoms with van der Waals surface area (Å²) in [7, 11) is -4.63. The van der Waals surface area contributed by atoms with Crippen LogP contribution in [-0.4, -0.2) is 30.3 Å². The zero-order chi connectivity index (χ0) is 12.3. The van der Waals surface area contributed by atoms with Gasteiger partial charge in [0.2, 0.25) is 6.29 Å². The Morgan fingerprint density at radius 2 is 2.00 bits per heavy atom. The van der Waals surface area contributed by atoms with Gasteiger partial charge >= 0.3 is 5.97 Å². The molecule has 0 saturated carbocycles. The number of carbonyl (C=O) groups is 1. The lowest BCUT2D eigenvalue weighted by Crippen LogP contribution is -2.14. The second kappa shape index (κ2) is 4.42. The van der Waals surface area contributed by atoms with Crippen LogP contribution in [0.3, 0.4) is 0 Å². The molecule has 1 unspecified atom stereocenters. The number of aromatic carboxylic acids is 1. The van der Waals surface area contributed by atoms with Crippen LogP contribution < -0.4 is 0 Å². The van der Waals surface area contributed by atoms with Crippen molar-refractivity contribution in [1.82, 2.24) is 0 Å². The van der Waals surface area contributed by atoms with Gasteiger partial charge in [-0.05, 0) is 17.7 Å². The molecule has 0 bridgehead atoms. The monoisotopic (exact) mass is 243 g/mol. The van der Waals surface area contributed by atoms with Crippen LogP contribution in [0.4, 0.5) is 0 Å². The van der Waals surface area contributed by atoms with Gasteiger partial charge in [-0.2, -0.15) is 8.42 Å². The maximum Gasteiger partial charge on any atom is 0.335 e. The molecule has 85 valence electrons. The minimum Gasteiger partial charge on any atom is -0.478 e. The van der Waals surface area contributed by atoms with Crippen LogP contribution in [0.25, 0.3) is 0 Å². The van der Waals surface area contributed by atoms with Gasteiger partial charge in [0.25, 0.3) is 10.1 Å². The molecule has 2 N–H and O–H groups in total. The van der Waals surface area contributed by atoms with E-state index in [0.717, 1.165) is 12.4 Å². The molecule has 1 radical (unpaired) electrons. The number of carboxylic acid groups (broad SMARTS) is 1. The minimum atomic E-state index is -4.63. The third kappa shape index (κ3) is 2.65. The van der Waals surface area contributed by atoms with Crippen molar-refractivity contribution in [2.24, 2.45) is 0 Å². The van der Waals surface area contributed by atoms with Gasteiger partial charge in [0, 0.05) is 0 Å². The van der Waals surface area contributed by atoms with Crippen molar-refractivity contribution in [1.29, 1.82) is 0 Å². The van der Waals surface area contributed by atoms with Crippen LogP contribution in [0.1, 0.15) is 21.2 Å². The van der Waals surface area contributed by atoms with E-state index in [9.17, 15) is 18.0 Å². The summed E-state index contributed by atoms with van der Waals surface area (Å²) in [4.78, 5) is 21.0. The third-order valence-electron chi connectivity index (χ3n) is 1.84. The molecule has 0 aliphatic heterocycles. The van der Waals surface area contributed by atoms with E-state index in [1.807, 2.05) is 0 Å². The van der Waals surface area contributed by atoms with Crippen LogP contribution in [0.15, 0.2) is 24.3 Å². The Kier molecular flexibility index (Phi) is 3.41. The van der Waals surface area contributed by atoms with Crippen LogP contribution >= 0.6 is 0 Å². The molecule has 0 spiro atoms. The average Bonchev–Trinajstić information content (AvgIpc) is 2.17. The van der Waals surface area contributed by atoms with Crippen LogP contribution in [0, 0.1) is 0 Å². The highest BCUT2D eigenvalue weighted by Crippen LogP contribution is 2.20. The van der Waals surface area contributed by atoms with Gasteiger partial charge < -0.3 is 5.11 Å². The van der Waals surface area contributed by atoms with E-state index >= 15 is 0 Å². The number of rotatable bonds is 4. The third-order valence-corrected chi connectivity index (χ3v) is 2.81. The Bertz CT molecular complexity index is 519. The predicted molar refractivity (Wildman–Crippen MR) is 53.4 cm³/mol. The second-order valence-corrected chi connectivity index (χ2v) is 4.44. The lowest BCUT2D eigenvalue weighted by atomic mass is 10.1. The second-order valence-electron chi connectivity index (χ2n) is 2.94. The first-order valence-corrected chi connectivity index (χ1v) is 5.54. The summed E-state index contributed by atoms with van der Waals surface area (Å²) in [6.07, 6.45) is 1.14. The van der Waals surface area contributed by atoms with E-state index in [0.29, 0.717) is 0 Å². The summed E-state index contributed by atoms with van der Waals surface area (Å²) in [5.41, 5.74) is -0.321. The maximum absolute atomic E-state index is 10.8. The first kappa shape index (κ1) is 12.3. The molecule has 0 saturated heterocycles. The summed E-state index contributed by atoms with van der Waals surface area (Å²) in [6.45, 7) is 0. The molecule has 0 aromatic heterocycles. The van der Waals surface area contributed by atoms with Crippen LogP contribution in [-0.2, 0) is 14.9 Å². The van der Waals surface area contributed by atoms with E-state index in [1.165, 1.54) is 18.2 Å². The van der Waals surface area contributed by atoms with Crippen molar-refractivity contribution < 1.29 is 27.7 Å². The van der Waals surface area contributed by atoms with Crippen molar-refractivity contribution >= 4 is 22.4 Å². The topological polar surface area (TPSA) is 109 Å². The Morgan fingerprint density at radius 1 is 1.38 bits per heavy atom. The first-order valence-electron chi connectivity index (χ1n) is 4.03. The zero-order valence-electron chi connectivity index (χ0n) is 7.82. The molecular weight excluding hydrogens is 236 g/mol. The van der Waals surface area contributed by atoms with Gasteiger partial charge in [0.15, 0.2) is 5.25 Å². The lowest BCUT2D eigenvalue weighted by molar-refractivity contribution is 0.0696. The van der Waals surface area contributed by atoms with Gasteiger partial charge in [-0.1, -0.05) is 12.1 Å². The fraction of sp³-hybridized carbons (Fsp3) is 0.111. The van der Waals surface area contributed by atoms with Crippen molar-refractivity contribution in [2.45, 2.75) is 5.25 Å². The maximum atomic E-state index is 10.8. The molecule has 16 heavy (non-hydrogen) atoms. The lowest BCUT2D eigenvalue weighted by Gasteiger charge is -2.06. The number of hydrogen-bond acceptors (Lipinski definition) is 4. The van der Waals surface area contributed by atoms with Gasteiger partial charge in [-0.25, -0.2) is 4.79 Å². The summed E-state index contributed by atoms with van der Waals surface area (Å²) in [6, 6.07) is 4.72. The van der Waals surface area contributed by atoms with Crippen molar-refractivity contribution in [3.63, 3.8) is 0 Å². The highest BCUT2D eigenvalue weighted by molar-refractivity contribution is 7.86. The number of carboxylic acids is 1.